The molecule has 16 heavy (non-hydrogen) atoms. The third-order valence-electron chi connectivity index (χ3n) is 2.77. The summed E-state index contributed by atoms with van der Waals surface area (Å²) >= 11 is 0. The third-order valence-corrected chi connectivity index (χ3v) is 2.77. The maximum Gasteiger partial charge on any atom is 0.323 e. The minimum atomic E-state index is -0.125. The molecule has 1 fully saturated rings. The van der Waals surface area contributed by atoms with Gasteiger partial charge in [0.25, 0.3) is 0 Å². The summed E-state index contributed by atoms with van der Waals surface area (Å²) < 4.78 is 10.1. The van der Waals surface area contributed by atoms with E-state index in [4.69, 9.17) is 9.26 Å². The molecule has 0 radical (unpaired) electrons. The quantitative estimate of drug-likeness (QED) is 0.719. The lowest BCUT2D eigenvalue weighted by Gasteiger charge is -2.21. The van der Waals surface area contributed by atoms with Crippen LogP contribution in [-0.2, 0) is 16.1 Å². The number of rotatable bonds is 4. The van der Waals surface area contributed by atoms with Crippen molar-refractivity contribution in [1.82, 2.24) is 10.1 Å². The van der Waals surface area contributed by atoms with E-state index in [-0.39, 0.29) is 12.0 Å². The van der Waals surface area contributed by atoms with Crippen LogP contribution in [0.15, 0.2) is 16.8 Å². The summed E-state index contributed by atoms with van der Waals surface area (Å²) in [4.78, 5) is 13.8. The minimum absolute atomic E-state index is 0.120. The Morgan fingerprint density at radius 1 is 1.75 bits per heavy atom. The van der Waals surface area contributed by atoms with Crippen molar-refractivity contribution < 1.29 is 14.1 Å². The van der Waals surface area contributed by atoms with Gasteiger partial charge in [0.1, 0.15) is 6.04 Å². The Morgan fingerprint density at radius 2 is 2.62 bits per heavy atom. The molecule has 0 bridgehead atoms. The van der Waals surface area contributed by atoms with Crippen molar-refractivity contribution in [2.75, 3.05) is 13.2 Å². The monoisotopic (exact) mass is 224 g/mol. The van der Waals surface area contributed by atoms with Gasteiger partial charge in [-0.15, -0.1) is 0 Å². The Hall–Kier alpha value is -1.36. The van der Waals surface area contributed by atoms with Crippen LogP contribution in [0.3, 0.4) is 0 Å². The first kappa shape index (κ1) is 11.1. The molecule has 1 aromatic rings. The molecule has 0 aliphatic carbocycles. The molecule has 1 aromatic heterocycles. The Labute approximate surface area is 94.3 Å². The number of hydrogen-bond acceptors (Lipinski definition) is 5. The maximum atomic E-state index is 11.7. The smallest absolute Gasteiger partial charge is 0.323 e. The first-order valence-corrected chi connectivity index (χ1v) is 5.61. The molecule has 0 amide bonds. The van der Waals surface area contributed by atoms with Crippen molar-refractivity contribution in [1.29, 1.82) is 0 Å². The molecule has 0 saturated carbocycles. The van der Waals surface area contributed by atoms with E-state index in [1.165, 1.54) is 0 Å². The zero-order valence-electron chi connectivity index (χ0n) is 9.39. The standard InChI is InChI=1S/C11H16N2O3/c1-2-15-11(14)10-4-3-7-13(10)8-9-5-6-12-16-9/h5-6,10H,2-4,7-8H2,1H3. The van der Waals surface area contributed by atoms with Crippen molar-refractivity contribution in [2.24, 2.45) is 0 Å². The third kappa shape index (κ3) is 2.41. The largest absolute Gasteiger partial charge is 0.465 e. The molecule has 2 rings (SSSR count). The zero-order chi connectivity index (χ0) is 11.4. The first-order valence-electron chi connectivity index (χ1n) is 5.61. The lowest BCUT2D eigenvalue weighted by atomic mass is 10.2. The van der Waals surface area contributed by atoms with Crippen molar-refractivity contribution in [2.45, 2.75) is 32.4 Å². The lowest BCUT2D eigenvalue weighted by molar-refractivity contribution is -0.148. The molecule has 0 spiro atoms. The number of aromatic nitrogens is 1. The lowest BCUT2D eigenvalue weighted by Crippen LogP contribution is -2.36. The number of hydrogen-bond donors (Lipinski definition) is 0. The summed E-state index contributed by atoms with van der Waals surface area (Å²) in [6.07, 6.45) is 3.51. The van der Waals surface area contributed by atoms with E-state index in [1.54, 1.807) is 6.20 Å². The zero-order valence-corrected chi connectivity index (χ0v) is 9.39. The average molecular weight is 224 g/mol. The van der Waals surface area contributed by atoms with Crippen LogP contribution in [0.1, 0.15) is 25.5 Å². The molecular formula is C11H16N2O3. The molecule has 1 aliphatic heterocycles. The Kier molecular flexibility index (Phi) is 3.56. The van der Waals surface area contributed by atoms with Gasteiger partial charge in [-0.1, -0.05) is 5.16 Å². The van der Waals surface area contributed by atoms with E-state index in [9.17, 15) is 4.79 Å². The summed E-state index contributed by atoms with van der Waals surface area (Å²) in [7, 11) is 0. The highest BCUT2D eigenvalue weighted by Crippen LogP contribution is 2.20. The fourth-order valence-electron chi connectivity index (χ4n) is 2.04. The molecule has 1 atom stereocenters. The van der Waals surface area contributed by atoms with Gasteiger partial charge in [-0.2, -0.15) is 0 Å². The molecule has 5 nitrogen and oxygen atoms in total. The molecule has 0 N–H and O–H groups in total. The number of carbonyl (C=O) groups excluding carboxylic acids is 1. The van der Waals surface area contributed by atoms with Gasteiger partial charge in [-0.25, -0.2) is 0 Å². The minimum Gasteiger partial charge on any atom is -0.465 e. The number of likely N-dealkylation sites (tertiary alicyclic amines) is 1. The van der Waals surface area contributed by atoms with Gasteiger partial charge in [0.2, 0.25) is 0 Å². The summed E-state index contributed by atoms with van der Waals surface area (Å²) in [5.41, 5.74) is 0. The van der Waals surface area contributed by atoms with Crippen molar-refractivity contribution >= 4 is 5.97 Å². The van der Waals surface area contributed by atoms with Gasteiger partial charge >= 0.3 is 5.97 Å². The van der Waals surface area contributed by atoms with Gasteiger partial charge in [0.15, 0.2) is 5.76 Å². The second kappa shape index (κ2) is 5.12. The van der Waals surface area contributed by atoms with Crippen LogP contribution in [0.2, 0.25) is 0 Å². The van der Waals surface area contributed by atoms with Crippen LogP contribution in [0.5, 0.6) is 0 Å². The first-order chi connectivity index (χ1) is 7.81. The molecule has 1 saturated heterocycles. The summed E-state index contributed by atoms with van der Waals surface area (Å²) in [6.45, 7) is 3.80. The average Bonchev–Trinajstić information content (AvgIpc) is 2.90. The Balaban J connectivity index is 1.95. The second-order valence-electron chi connectivity index (χ2n) is 3.86. The van der Waals surface area contributed by atoms with E-state index in [1.807, 2.05) is 13.0 Å². The van der Waals surface area contributed by atoms with Gasteiger partial charge in [-0.05, 0) is 26.3 Å². The van der Waals surface area contributed by atoms with E-state index in [2.05, 4.69) is 10.1 Å². The predicted octanol–water partition coefficient (Wildman–Crippen LogP) is 1.20. The predicted molar refractivity (Wildman–Crippen MR) is 56.6 cm³/mol. The topological polar surface area (TPSA) is 55.6 Å². The summed E-state index contributed by atoms with van der Waals surface area (Å²) in [5.74, 6) is 0.663. The molecule has 1 unspecified atom stereocenters. The van der Waals surface area contributed by atoms with Crippen LogP contribution in [0.4, 0.5) is 0 Å². The van der Waals surface area contributed by atoms with Crippen molar-refractivity contribution in [3.63, 3.8) is 0 Å². The highest BCUT2D eigenvalue weighted by molar-refractivity contribution is 5.76. The van der Waals surface area contributed by atoms with E-state index in [0.29, 0.717) is 13.2 Å². The van der Waals surface area contributed by atoms with Crippen LogP contribution >= 0.6 is 0 Å². The van der Waals surface area contributed by atoms with Crippen molar-refractivity contribution in [3.8, 4) is 0 Å². The number of esters is 1. The SMILES string of the molecule is CCOC(=O)C1CCCN1Cc1ccno1. The molecule has 1 aliphatic rings. The molecule has 0 aromatic carbocycles. The normalized spacial score (nSPS) is 21.2. The van der Waals surface area contributed by atoms with Crippen LogP contribution in [0.25, 0.3) is 0 Å². The molecular weight excluding hydrogens is 208 g/mol. The molecule has 88 valence electrons. The van der Waals surface area contributed by atoms with Crippen LogP contribution in [-0.4, -0.2) is 35.2 Å². The summed E-state index contributed by atoms with van der Waals surface area (Å²) in [6, 6.07) is 1.70. The highest BCUT2D eigenvalue weighted by Gasteiger charge is 2.32. The van der Waals surface area contributed by atoms with Crippen LogP contribution < -0.4 is 0 Å². The van der Waals surface area contributed by atoms with Crippen LogP contribution in [0, 0.1) is 0 Å². The fraction of sp³-hybridized carbons (Fsp3) is 0.636. The van der Waals surface area contributed by atoms with Gasteiger partial charge < -0.3 is 9.26 Å². The van der Waals surface area contributed by atoms with Gasteiger partial charge in [0, 0.05) is 6.07 Å². The Bertz CT molecular complexity index is 337. The second-order valence-corrected chi connectivity index (χ2v) is 3.86. The number of ether oxygens (including phenoxy) is 1. The molecule has 2 heterocycles. The number of carbonyl (C=O) groups is 1. The van der Waals surface area contributed by atoms with E-state index >= 15 is 0 Å². The highest BCUT2D eigenvalue weighted by atomic mass is 16.5. The number of nitrogens with zero attached hydrogens (tertiary/aromatic N) is 2. The fourth-order valence-corrected chi connectivity index (χ4v) is 2.04. The Morgan fingerprint density at radius 3 is 3.31 bits per heavy atom. The maximum absolute atomic E-state index is 11.7. The molecule has 5 heteroatoms. The van der Waals surface area contributed by atoms with Gasteiger partial charge in [0.05, 0.1) is 19.3 Å². The van der Waals surface area contributed by atoms with E-state index in [0.717, 1.165) is 25.1 Å². The summed E-state index contributed by atoms with van der Waals surface area (Å²) in [5, 5.41) is 3.65. The van der Waals surface area contributed by atoms with E-state index < -0.39 is 0 Å². The van der Waals surface area contributed by atoms with Crippen molar-refractivity contribution in [3.05, 3.63) is 18.0 Å². The van der Waals surface area contributed by atoms with Gasteiger partial charge in [-0.3, -0.25) is 9.69 Å².